The summed E-state index contributed by atoms with van der Waals surface area (Å²) in [4.78, 5) is 3.52. The molecule has 0 fully saturated rings. The Balaban J connectivity index is 3.48. The van der Waals surface area contributed by atoms with E-state index in [-0.39, 0.29) is 5.69 Å². The number of sulfonamides is 1. The average Bonchev–Trinajstić information content (AvgIpc) is 2.12. The number of nitrogens with two attached hydrogens (primary N) is 1. The molecule has 18 heavy (non-hydrogen) atoms. The van der Waals surface area contributed by atoms with E-state index in [1.54, 1.807) is 0 Å². The zero-order chi connectivity index (χ0) is 14.1. The van der Waals surface area contributed by atoms with Crippen LogP contribution in [0.4, 0.5) is 13.2 Å². The molecule has 0 aliphatic rings. The molecule has 10 heteroatoms. The molecule has 0 aliphatic heterocycles. The Labute approximate surface area is 101 Å². The standard InChI is InChI=1S/C8H9F3N2O4S/c1-4-3-5(17-8(9,10)11)6(16-2)7(13-4)18(12,14)15/h3H,1-2H3,(H2,12,14,15). The highest BCUT2D eigenvalue weighted by molar-refractivity contribution is 7.89. The number of aryl methyl sites for hydroxylation is 1. The summed E-state index contributed by atoms with van der Waals surface area (Å²) in [7, 11) is -3.35. The molecule has 0 aliphatic carbocycles. The number of halogens is 3. The summed E-state index contributed by atoms with van der Waals surface area (Å²) in [5, 5.41) is 4.01. The number of aromatic nitrogens is 1. The van der Waals surface area contributed by atoms with Crippen molar-refractivity contribution in [3.05, 3.63) is 11.8 Å². The smallest absolute Gasteiger partial charge is 0.490 e. The fraction of sp³-hybridized carbons (Fsp3) is 0.375. The van der Waals surface area contributed by atoms with Gasteiger partial charge in [0.05, 0.1) is 7.11 Å². The maximum atomic E-state index is 12.1. The van der Waals surface area contributed by atoms with E-state index in [4.69, 9.17) is 5.14 Å². The number of ether oxygens (including phenoxy) is 2. The summed E-state index contributed by atoms with van der Waals surface area (Å²) in [6, 6.07) is 0.890. The van der Waals surface area contributed by atoms with Gasteiger partial charge in [-0.2, -0.15) is 0 Å². The van der Waals surface area contributed by atoms with Crippen LogP contribution < -0.4 is 14.6 Å². The first-order valence-corrected chi connectivity index (χ1v) is 5.93. The number of rotatable bonds is 3. The molecule has 0 aromatic carbocycles. The van der Waals surface area contributed by atoms with Gasteiger partial charge < -0.3 is 9.47 Å². The van der Waals surface area contributed by atoms with Crippen molar-refractivity contribution >= 4 is 10.0 Å². The molecule has 102 valence electrons. The SMILES string of the molecule is COc1c(OC(F)(F)F)cc(C)nc1S(N)(=O)=O. The number of pyridine rings is 1. The third-order valence-electron chi connectivity index (χ3n) is 1.74. The maximum Gasteiger partial charge on any atom is 0.573 e. The quantitative estimate of drug-likeness (QED) is 0.893. The van der Waals surface area contributed by atoms with Crippen LogP contribution in [0.25, 0.3) is 0 Å². The third-order valence-corrected chi connectivity index (χ3v) is 2.55. The van der Waals surface area contributed by atoms with Gasteiger partial charge in [-0.3, -0.25) is 0 Å². The van der Waals surface area contributed by atoms with Crippen molar-refractivity contribution in [3.63, 3.8) is 0 Å². The first-order valence-electron chi connectivity index (χ1n) is 4.39. The van der Waals surface area contributed by atoms with Crippen LogP contribution >= 0.6 is 0 Å². The molecule has 0 bridgehead atoms. The van der Waals surface area contributed by atoms with E-state index in [2.05, 4.69) is 14.5 Å². The van der Waals surface area contributed by atoms with E-state index in [1.807, 2.05) is 0 Å². The van der Waals surface area contributed by atoms with Gasteiger partial charge in [-0.25, -0.2) is 18.5 Å². The van der Waals surface area contributed by atoms with Crippen molar-refractivity contribution in [2.75, 3.05) is 7.11 Å². The van der Waals surface area contributed by atoms with Gasteiger partial charge in [0.25, 0.3) is 10.0 Å². The van der Waals surface area contributed by atoms with E-state index in [0.717, 1.165) is 13.2 Å². The Morgan fingerprint density at radius 2 is 1.94 bits per heavy atom. The minimum Gasteiger partial charge on any atom is -0.490 e. The number of primary sulfonamides is 1. The molecule has 1 heterocycles. The van der Waals surface area contributed by atoms with Crippen LogP contribution in [-0.2, 0) is 10.0 Å². The Morgan fingerprint density at radius 1 is 1.39 bits per heavy atom. The average molecular weight is 286 g/mol. The molecule has 0 amide bonds. The van der Waals surface area contributed by atoms with Crippen LogP contribution in [0, 0.1) is 6.92 Å². The molecule has 0 atom stereocenters. The van der Waals surface area contributed by atoms with Crippen LogP contribution in [0.5, 0.6) is 11.5 Å². The normalized spacial score (nSPS) is 12.3. The van der Waals surface area contributed by atoms with Gasteiger partial charge in [-0.1, -0.05) is 0 Å². The number of alkyl halides is 3. The molecule has 0 saturated carbocycles. The molecule has 0 saturated heterocycles. The zero-order valence-electron chi connectivity index (χ0n) is 9.28. The van der Waals surface area contributed by atoms with Crippen LogP contribution in [0.15, 0.2) is 11.1 Å². The second kappa shape index (κ2) is 4.61. The Hall–Kier alpha value is -1.55. The van der Waals surface area contributed by atoms with Gasteiger partial charge in [0.15, 0.2) is 11.5 Å². The minimum absolute atomic E-state index is 0.0147. The highest BCUT2D eigenvalue weighted by atomic mass is 32.2. The fourth-order valence-corrected chi connectivity index (χ4v) is 1.90. The van der Waals surface area contributed by atoms with Gasteiger partial charge in [0.1, 0.15) is 0 Å². The maximum absolute atomic E-state index is 12.1. The summed E-state index contributed by atoms with van der Waals surface area (Å²) in [5.41, 5.74) is -0.0147. The Morgan fingerprint density at radius 3 is 2.33 bits per heavy atom. The molecular weight excluding hydrogens is 277 g/mol. The van der Waals surface area contributed by atoms with E-state index < -0.39 is 32.9 Å². The van der Waals surface area contributed by atoms with Gasteiger partial charge in [-0.05, 0) is 6.92 Å². The second-order valence-electron chi connectivity index (χ2n) is 3.19. The minimum atomic E-state index is -4.99. The highest BCUT2D eigenvalue weighted by Crippen LogP contribution is 2.36. The lowest BCUT2D eigenvalue weighted by Crippen LogP contribution is -2.20. The van der Waals surface area contributed by atoms with Gasteiger partial charge in [-0.15, -0.1) is 13.2 Å². The molecule has 0 radical (unpaired) electrons. The van der Waals surface area contributed by atoms with E-state index in [0.29, 0.717) is 0 Å². The Kier molecular flexibility index (Phi) is 3.72. The first kappa shape index (κ1) is 14.5. The zero-order valence-corrected chi connectivity index (χ0v) is 10.1. The van der Waals surface area contributed by atoms with Crippen molar-refractivity contribution in [1.82, 2.24) is 4.98 Å². The van der Waals surface area contributed by atoms with Crippen molar-refractivity contribution in [1.29, 1.82) is 0 Å². The van der Waals surface area contributed by atoms with Gasteiger partial charge in [0.2, 0.25) is 5.03 Å². The molecule has 1 aromatic rings. The van der Waals surface area contributed by atoms with Crippen molar-refractivity contribution < 1.29 is 31.1 Å². The van der Waals surface area contributed by atoms with Crippen LogP contribution in [0.3, 0.4) is 0 Å². The topological polar surface area (TPSA) is 91.5 Å². The summed E-state index contributed by atoms with van der Waals surface area (Å²) < 4.78 is 67.0. The van der Waals surface area contributed by atoms with Crippen LogP contribution in [-0.4, -0.2) is 26.9 Å². The van der Waals surface area contributed by atoms with Crippen LogP contribution in [0.1, 0.15) is 5.69 Å². The monoisotopic (exact) mass is 286 g/mol. The van der Waals surface area contributed by atoms with Crippen molar-refractivity contribution in [2.45, 2.75) is 18.3 Å². The van der Waals surface area contributed by atoms with Gasteiger partial charge >= 0.3 is 6.36 Å². The van der Waals surface area contributed by atoms with E-state index >= 15 is 0 Å². The first-order chi connectivity index (χ1) is 8.04. The lowest BCUT2D eigenvalue weighted by atomic mass is 10.3. The summed E-state index contributed by atoms with van der Waals surface area (Å²) in [6.07, 6.45) is -4.99. The highest BCUT2D eigenvalue weighted by Gasteiger charge is 2.34. The molecular formula is C8H9F3N2O4S. The molecule has 6 nitrogen and oxygen atoms in total. The van der Waals surface area contributed by atoms with Gasteiger partial charge in [0, 0.05) is 11.8 Å². The number of hydrogen-bond acceptors (Lipinski definition) is 5. The summed E-state index contributed by atoms with van der Waals surface area (Å²) in [6.45, 7) is 1.29. The third kappa shape index (κ3) is 3.47. The Bertz CT molecular complexity index is 556. The van der Waals surface area contributed by atoms with E-state index in [9.17, 15) is 21.6 Å². The molecule has 2 N–H and O–H groups in total. The van der Waals surface area contributed by atoms with E-state index in [1.165, 1.54) is 6.92 Å². The predicted octanol–water partition coefficient (Wildman–Crippen LogP) is 0.945. The molecule has 0 unspecified atom stereocenters. The van der Waals surface area contributed by atoms with Crippen LogP contribution in [0.2, 0.25) is 0 Å². The predicted molar refractivity (Wildman–Crippen MR) is 53.6 cm³/mol. The lowest BCUT2D eigenvalue weighted by molar-refractivity contribution is -0.275. The van der Waals surface area contributed by atoms with Crippen molar-refractivity contribution in [3.8, 4) is 11.5 Å². The summed E-state index contributed by atoms with van der Waals surface area (Å²) in [5.74, 6) is -1.51. The molecule has 0 spiro atoms. The van der Waals surface area contributed by atoms with Crippen molar-refractivity contribution in [2.24, 2.45) is 5.14 Å². The molecule has 1 aromatic heterocycles. The number of methoxy groups -OCH3 is 1. The number of hydrogen-bond donors (Lipinski definition) is 1. The fourth-order valence-electron chi connectivity index (χ4n) is 1.19. The second-order valence-corrected chi connectivity index (χ2v) is 4.67. The molecule has 1 rings (SSSR count). The summed E-state index contributed by atoms with van der Waals surface area (Å²) >= 11 is 0. The number of nitrogens with zero attached hydrogens (tertiary/aromatic N) is 1. The largest absolute Gasteiger partial charge is 0.573 e. The lowest BCUT2D eigenvalue weighted by Gasteiger charge is -2.14.